The minimum atomic E-state index is -0.451. The second-order valence-electron chi connectivity index (χ2n) is 10.9. The zero-order valence-corrected chi connectivity index (χ0v) is 25.1. The highest BCUT2D eigenvalue weighted by Gasteiger charge is 2.51. The Labute approximate surface area is 248 Å². The zero-order chi connectivity index (χ0) is 30.3. The Balaban J connectivity index is 1.64. The van der Waals surface area contributed by atoms with Crippen molar-refractivity contribution in [3.05, 3.63) is 96.1 Å². The van der Waals surface area contributed by atoms with Gasteiger partial charge in [0.1, 0.15) is 0 Å². The summed E-state index contributed by atoms with van der Waals surface area (Å²) in [6.07, 6.45) is 6.31. The fraction of sp³-hybridized carbons (Fsp3) is 0.294. The van der Waals surface area contributed by atoms with E-state index in [1.165, 1.54) is 12.2 Å². The molecular weight excluding hydrogens is 529 g/mol. The van der Waals surface area contributed by atoms with Gasteiger partial charge in [-0.1, -0.05) is 36.4 Å². The highest BCUT2D eigenvalue weighted by molar-refractivity contribution is 6.62. The molecule has 1 aliphatic heterocycles. The monoisotopic (exact) mass is 567 g/mol. The van der Waals surface area contributed by atoms with Crippen LogP contribution in [0.4, 0.5) is 17.1 Å². The van der Waals surface area contributed by atoms with Gasteiger partial charge in [0.25, 0.3) is 0 Å². The number of hydrogen-bond donors (Lipinski definition) is 0. The summed E-state index contributed by atoms with van der Waals surface area (Å²) in [5.41, 5.74) is 4.66. The Kier molecular flexibility index (Phi) is 9.71. The van der Waals surface area contributed by atoms with Gasteiger partial charge >= 0.3 is 19.1 Å². The molecular formula is C34H38BNO6. The molecule has 0 amide bonds. The van der Waals surface area contributed by atoms with Gasteiger partial charge in [-0.2, -0.15) is 0 Å². The Morgan fingerprint density at radius 1 is 0.667 bits per heavy atom. The van der Waals surface area contributed by atoms with Crippen LogP contribution in [0.2, 0.25) is 0 Å². The van der Waals surface area contributed by atoms with E-state index in [-0.39, 0.29) is 11.9 Å². The number of ether oxygens (including phenoxy) is 2. The van der Waals surface area contributed by atoms with Crippen molar-refractivity contribution in [2.75, 3.05) is 18.1 Å². The molecule has 8 heteroatoms. The third kappa shape index (κ3) is 7.38. The fourth-order valence-electron chi connectivity index (χ4n) is 4.39. The molecule has 218 valence electrons. The first-order valence-electron chi connectivity index (χ1n) is 14.2. The number of carbonyl (C=O) groups is 2. The Morgan fingerprint density at radius 2 is 1.02 bits per heavy atom. The summed E-state index contributed by atoms with van der Waals surface area (Å²) in [6, 6.07) is 24.0. The normalized spacial score (nSPS) is 15.7. The molecule has 0 N–H and O–H groups in total. The van der Waals surface area contributed by atoms with Gasteiger partial charge in [-0.3, -0.25) is 0 Å². The van der Waals surface area contributed by atoms with Gasteiger partial charge < -0.3 is 23.7 Å². The fourth-order valence-corrected chi connectivity index (χ4v) is 4.39. The molecule has 0 aliphatic carbocycles. The molecule has 1 heterocycles. The van der Waals surface area contributed by atoms with Crippen molar-refractivity contribution in [3.8, 4) is 0 Å². The number of nitrogens with zero attached hydrogens (tertiary/aromatic N) is 1. The Bertz CT molecular complexity index is 1340. The quantitative estimate of drug-likeness (QED) is 0.155. The maximum absolute atomic E-state index is 11.7. The molecule has 1 fully saturated rings. The van der Waals surface area contributed by atoms with Crippen LogP contribution >= 0.6 is 0 Å². The molecule has 0 bridgehead atoms. The van der Waals surface area contributed by atoms with Crippen LogP contribution in [0.25, 0.3) is 12.2 Å². The molecule has 1 aliphatic rings. The molecule has 0 unspecified atom stereocenters. The van der Waals surface area contributed by atoms with Crippen molar-refractivity contribution >= 4 is 53.7 Å². The van der Waals surface area contributed by atoms with E-state index in [0.29, 0.717) is 13.2 Å². The van der Waals surface area contributed by atoms with E-state index in [0.717, 1.165) is 33.7 Å². The van der Waals surface area contributed by atoms with E-state index in [2.05, 4.69) is 4.90 Å². The van der Waals surface area contributed by atoms with Crippen molar-refractivity contribution in [2.45, 2.75) is 52.7 Å². The molecule has 0 atom stereocenters. The maximum atomic E-state index is 11.7. The summed E-state index contributed by atoms with van der Waals surface area (Å²) >= 11 is 0. The topological polar surface area (TPSA) is 74.3 Å². The lowest BCUT2D eigenvalue weighted by molar-refractivity contribution is -0.138. The number of rotatable bonds is 10. The number of benzene rings is 3. The highest BCUT2D eigenvalue weighted by Crippen LogP contribution is 2.38. The lowest BCUT2D eigenvalue weighted by Crippen LogP contribution is -2.41. The van der Waals surface area contributed by atoms with E-state index in [4.69, 9.17) is 18.8 Å². The number of carbonyl (C=O) groups excluding carboxylic acids is 2. The van der Waals surface area contributed by atoms with Crippen LogP contribution in [-0.2, 0) is 28.4 Å². The first-order chi connectivity index (χ1) is 20.0. The molecule has 3 aromatic rings. The average Bonchev–Trinajstić information content (AvgIpc) is 3.19. The van der Waals surface area contributed by atoms with Gasteiger partial charge in [-0.05, 0) is 107 Å². The zero-order valence-electron chi connectivity index (χ0n) is 25.1. The Hall–Kier alpha value is -4.14. The summed E-state index contributed by atoms with van der Waals surface area (Å²) in [5, 5.41) is 0. The van der Waals surface area contributed by atoms with E-state index in [9.17, 15) is 9.59 Å². The van der Waals surface area contributed by atoms with Crippen LogP contribution in [0.3, 0.4) is 0 Å². The van der Waals surface area contributed by atoms with Crippen LogP contribution in [0.1, 0.15) is 52.7 Å². The predicted octanol–water partition coefficient (Wildman–Crippen LogP) is 6.61. The van der Waals surface area contributed by atoms with Crippen molar-refractivity contribution in [3.63, 3.8) is 0 Å². The summed E-state index contributed by atoms with van der Waals surface area (Å²) in [6.45, 7) is 12.4. The molecule has 42 heavy (non-hydrogen) atoms. The van der Waals surface area contributed by atoms with E-state index >= 15 is 0 Å². The van der Waals surface area contributed by atoms with Crippen LogP contribution in [-0.4, -0.2) is 43.5 Å². The molecule has 0 saturated carbocycles. The lowest BCUT2D eigenvalue weighted by Gasteiger charge is -2.32. The van der Waals surface area contributed by atoms with Gasteiger partial charge in [0.05, 0.1) is 24.4 Å². The van der Waals surface area contributed by atoms with Crippen LogP contribution in [0, 0.1) is 0 Å². The predicted molar refractivity (Wildman–Crippen MR) is 168 cm³/mol. The minimum absolute atomic E-state index is 0.335. The van der Waals surface area contributed by atoms with E-state index in [1.807, 2.05) is 100 Å². The van der Waals surface area contributed by atoms with E-state index in [1.54, 1.807) is 26.0 Å². The van der Waals surface area contributed by atoms with E-state index < -0.39 is 18.3 Å². The Morgan fingerprint density at radius 3 is 1.38 bits per heavy atom. The summed E-state index contributed by atoms with van der Waals surface area (Å²) in [7, 11) is -0.451. The summed E-state index contributed by atoms with van der Waals surface area (Å²) < 4.78 is 22.4. The SMILES string of the molecule is CCOC(=O)/C=C/c1ccc(N(c2ccc(/C=C/C(=O)OCC)cc2)c2ccc(B3OC(C)(C)C(C)(C)O3)cc2)cc1. The van der Waals surface area contributed by atoms with Gasteiger partial charge in [0, 0.05) is 29.2 Å². The summed E-state index contributed by atoms with van der Waals surface area (Å²) in [4.78, 5) is 25.6. The molecule has 4 rings (SSSR count). The number of anilines is 3. The highest BCUT2D eigenvalue weighted by atomic mass is 16.7. The van der Waals surface area contributed by atoms with Crippen molar-refractivity contribution in [2.24, 2.45) is 0 Å². The third-order valence-electron chi connectivity index (χ3n) is 7.38. The first kappa shape index (κ1) is 30.8. The standard InChI is InChI=1S/C34H38BNO6/c1-7-39-31(37)23-13-25-9-17-28(18-10-25)36(29-19-11-26(12-20-29)14-24-32(38)40-8-2)30-21-15-27(16-22-30)35-41-33(3,4)34(5,6)42-35/h9-24H,7-8H2,1-6H3/b23-13+,24-14+. The van der Waals surface area contributed by atoms with Crippen molar-refractivity contribution in [1.82, 2.24) is 0 Å². The van der Waals surface area contributed by atoms with Gasteiger partial charge in [0.2, 0.25) is 0 Å². The summed E-state index contributed by atoms with van der Waals surface area (Å²) in [5.74, 6) is -0.746. The van der Waals surface area contributed by atoms with Crippen LogP contribution in [0.15, 0.2) is 84.9 Å². The minimum Gasteiger partial charge on any atom is -0.463 e. The third-order valence-corrected chi connectivity index (χ3v) is 7.38. The first-order valence-corrected chi connectivity index (χ1v) is 14.2. The lowest BCUT2D eigenvalue weighted by atomic mass is 9.79. The second kappa shape index (κ2) is 13.2. The van der Waals surface area contributed by atoms with Crippen molar-refractivity contribution < 1.29 is 28.4 Å². The second-order valence-corrected chi connectivity index (χ2v) is 10.9. The van der Waals surface area contributed by atoms with Gasteiger partial charge in [-0.25, -0.2) is 9.59 Å². The van der Waals surface area contributed by atoms with Gasteiger partial charge in [-0.15, -0.1) is 0 Å². The molecule has 7 nitrogen and oxygen atoms in total. The number of hydrogen-bond acceptors (Lipinski definition) is 7. The molecule has 3 aromatic carbocycles. The molecule has 0 radical (unpaired) electrons. The molecule has 1 saturated heterocycles. The number of esters is 2. The largest absolute Gasteiger partial charge is 0.494 e. The van der Waals surface area contributed by atoms with Gasteiger partial charge in [0.15, 0.2) is 0 Å². The van der Waals surface area contributed by atoms with Crippen LogP contribution < -0.4 is 10.4 Å². The average molecular weight is 567 g/mol. The van der Waals surface area contributed by atoms with Crippen molar-refractivity contribution in [1.29, 1.82) is 0 Å². The maximum Gasteiger partial charge on any atom is 0.494 e. The van der Waals surface area contributed by atoms with Crippen LogP contribution in [0.5, 0.6) is 0 Å². The smallest absolute Gasteiger partial charge is 0.463 e. The molecule has 0 aromatic heterocycles. The molecule has 0 spiro atoms.